The Labute approximate surface area is 188 Å². The van der Waals surface area contributed by atoms with Crippen LogP contribution in [0.4, 0.5) is 5.69 Å². The summed E-state index contributed by atoms with van der Waals surface area (Å²) in [5.74, 6) is 0.130. The second-order valence-electron chi connectivity index (χ2n) is 8.38. The Morgan fingerprint density at radius 3 is 2.34 bits per heavy atom. The number of nitrogens with one attached hydrogen (secondary N) is 1. The second kappa shape index (κ2) is 10.3. The number of piperidine rings is 1. The highest BCUT2D eigenvalue weighted by Gasteiger charge is 2.26. The minimum atomic E-state index is -0.0707. The molecule has 6 nitrogen and oxygen atoms in total. The summed E-state index contributed by atoms with van der Waals surface area (Å²) < 4.78 is 0. The van der Waals surface area contributed by atoms with Crippen molar-refractivity contribution >= 4 is 29.5 Å². The zero-order valence-corrected chi connectivity index (χ0v) is 18.2. The topological polar surface area (TPSA) is 69.7 Å². The summed E-state index contributed by atoms with van der Waals surface area (Å²) in [6.45, 7) is 2.42. The number of anilines is 1. The molecule has 166 valence electrons. The molecule has 0 unspecified atom stereocenters. The average molecular weight is 432 g/mol. The molecule has 2 aromatic rings. The van der Waals surface area contributed by atoms with Gasteiger partial charge in [0, 0.05) is 50.3 Å². The van der Waals surface area contributed by atoms with E-state index in [-0.39, 0.29) is 23.6 Å². The summed E-state index contributed by atoms with van der Waals surface area (Å²) in [6, 6.07) is 17.5. The van der Waals surface area contributed by atoms with Gasteiger partial charge in [-0.3, -0.25) is 14.4 Å². The van der Waals surface area contributed by atoms with E-state index in [2.05, 4.69) is 5.32 Å². The predicted molar refractivity (Wildman–Crippen MR) is 125 cm³/mol. The van der Waals surface area contributed by atoms with E-state index in [4.69, 9.17) is 0 Å². The van der Waals surface area contributed by atoms with Crippen LogP contribution in [-0.2, 0) is 20.9 Å². The molecule has 0 spiro atoms. The summed E-state index contributed by atoms with van der Waals surface area (Å²) in [5, 5.41) is 3.02. The second-order valence-corrected chi connectivity index (χ2v) is 8.38. The lowest BCUT2D eigenvalue weighted by molar-refractivity contribution is -0.132. The lowest BCUT2D eigenvalue weighted by Crippen LogP contribution is -2.42. The molecule has 32 heavy (non-hydrogen) atoms. The number of carbonyl (C=O) groups excluding carboxylic acids is 3. The maximum Gasteiger partial charge on any atom is 0.246 e. The fraction of sp³-hybridized carbons (Fsp3) is 0.346. The Kier molecular flexibility index (Phi) is 7.00. The summed E-state index contributed by atoms with van der Waals surface area (Å²) in [4.78, 5) is 40.5. The SMILES string of the molecule is O=C(NCc1ccc(N2CCCC2=O)cc1)C1CCN(C(=O)/C=C/c2ccccc2)CC1. The van der Waals surface area contributed by atoms with Gasteiger partial charge in [-0.15, -0.1) is 0 Å². The lowest BCUT2D eigenvalue weighted by Gasteiger charge is -2.30. The Balaban J connectivity index is 1.21. The predicted octanol–water partition coefficient (Wildman–Crippen LogP) is 3.38. The quantitative estimate of drug-likeness (QED) is 0.713. The third-order valence-corrected chi connectivity index (χ3v) is 6.18. The largest absolute Gasteiger partial charge is 0.352 e. The van der Waals surface area contributed by atoms with E-state index < -0.39 is 0 Å². The van der Waals surface area contributed by atoms with Crippen LogP contribution in [0, 0.1) is 5.92 Å². The van der Waals surface area contributed by atoms with Gasteiger partial charge in [-0.1, -0.05) is 42.5 Å². The Morgan fingerprint density at radius 1 is 0.969 bits per heavy atom. The molecule has 6 heteroatoms. The van der Waals surface area contributed by atoms with Crippen LogP contribution >= 0.6 is 0 Å². The van der Waals surface area contributed by atoms with Gasteiger partial charge in [0.2, 0.25) is 17.7 Å². The van der Waals surface area contributed by atoms with E-state index in [1.165, 1.54) is 0 Å². The molecule has 0 radical (unpaired) electrons. The van der Waals surface area contributed by atoms with Gasteiger partial charge in [0.1, 0.15) is 0 Å². The molecule has 2 heterocycles. The maximum absolute atomic E-state index is 12.6. The van der Waals surface area contributed by atoms with E-state index >= 15 is 0 Å². The van der Waals surface area contributed by atoms with Crippen molar-refractivity contribution < 1.29 is 14.4 Å². The average Bonchev–Trinajstić information content (AvgIpc) is 3.28. The van der Waals surface area contributed by atoms with Gasteiger partial charge >= 0.3 is 0 Å². The van der Waals surface area contributed by atoms with Crippen molar-refractivity contribution in [3.63, 3.8) is 0 Å². The molecule has 0 aliphatic carbocycles. The first kappa shape index (κ1) is 21.8. The molecule has 4 rings (SSSR count). The van der Waals surface area contributed by atoms with Crippen molar-refractivity contribution in [2.45, 2.75) is 32.2 Å². The standard InChI is InChI=1S/C26H29N3O3/c30-24(13-10-20-5-2-1-3-6-20)28-17-14-22(15-18-28)26(32)27-19-21-8-11-23(12-9-21)29-16-4-7-25(29)31/h1-3,5-6,8-13,22H,4,7,14-19H2,(H,27,32)/b13-10+. The number of benzene rings is 2. The zero-order valence-electron chi connectivity index (χ0n) is 18.2. The summed E-state index contributed by atoms with van der Waals surface area (Å²) in [5.41, 5.74) is 2.92. The summed E-state index contributed by atoms with van der Waals surface area (Å²) in [6.07, 6.45) is 6.30. The van der Waals surface area contributed by atoms with Crippen LogP contribution in [0.15, 0.2) is 60.7 Å². The molecule has 1 N–H and O–H groups in total. The molecular weight excluding hydrogens is 402 g/mol. The van der Waals surface area contributed by atoms with E-state index in [9.17, 15) is 14.4 Å². The van der Waals surface area contributed by atoms with Gasteiger partial charge in [0.15, 0.2) is 0 Å². The summed E-state index contributed by atoms with van der Waals surface area (Å²) in [7, 11) is 0. The molecule has 0 bridgehead atoms. The van der Waals surface area contributed by atoms with Crippen molar-refractivity contribution in [3.05, 3.63) is 71.8 Å². The Bertz CT molecular complexity index is 977. The molecule has 2 aliphatic rings. The highest BCUT2D eigenvalue weighted by molar-refractivity contribution is 5.95. The van der Waals surface area contributed by atoms with Gasteiger partial charge in [-0.05, 0) is 48.6 Å². The van der Waals surface area contributed by atoms with Crippen LogP contribution < -0.4 is 10.2 Å². The molecule has 2 aromatic carbocycles. The van der Waals surface area contributed by atoms with Crippen LogP contribution in [0.3, 0.4) is 0 Å². The number of hydrogen-bond acceptors (Lipinski definition) is 3. The summed E-state index contributed by atoms with van der Waals surface area (Å²) >= 11 is 0. The Hall–Kier alpha value is -3.41. The van der Waals surface area contributed by atoms with Crippen molar-refractivity contribution in [1.29, 1.82) is 0 Å². The van der Waals surface area contributed by atoms with Crippen LogP contribution in [0.2, 0.25) is 0 Å². The van der Waals surface area contributed by atoms with Crippen molar-refractivity contribution in [2.24, 2.45) is 5.92 Å². The molecule has 0 saturated carbocycles. The first-order valence-corrected chi connectivity index (χ1v) is 11.3. The molecule has 2 saturated heterocycles. The third-order valence-electron chi connectivity index (χ3n) is 6.18. The monoisotopic (exact) mass is 431 g/mol. The van der Waals surface area contributed by atoms with Crippen LogP contribution in [0.25, 0.3) is 6.08 Å². The van der Waals surface area contributed by atoms with Gasteiger partial charge in [-0.25, -0.2) is 0 Å². The van der Waals surface area contributed by atoms with Crippen molar-refractivity contribution in [3.8, 4) is 0 Å². The van der Waals surface area contributed by atoms with Gasteiger partial charge < -0.3 is 15.1 Å². The molecule has 2 aliphatic heterocycles. The van der Waals surface area contributed by atoms with E-state index in [0.29, 0.717) is 38.9 Å². The molecule has 2 fully saturated rings. The van der Waals surface area contributed by atoms with E-state index in [1.807, 2.05) is 70.5 Å². The minimum Gasteiger partial charge on any atom is -0.352 e. The van der Waals surface area contributed by atoms with Gasteiger partial charge in [-0.2, -0.15) is 0 Å². The highest BCUT2D eigenvalue weighted by atomic mass is 16.2. The van der Waals surface area contributed by atoms with Crippen LogP contribution in [-0.4, -0.2) is 42.3 Å². The lowest BCUT2D eigenvalue weighted by atomic mass is 9.95. The molecule has 0 atom stereocenters. The van der Waals surface area contributed by atoms with Gasteiger partial charge in [0.05, 0.1) is 0 Å². The fourth-order valence-electron chi connectivity index (χ4n) is 4.25. The molecular formula is C26H29N3O3. The van der Waals surface area contributed by atoms with Crippen molar-refractivity contribution in [1.82, 2.24) is 10.2 Å². The maximum atomic E-state index is 12.6. The zero-order chi connectivity index (χ0) is 22.3. The number of carbonyl (C=O) groups is 3. The first-order chi connectivity index (χ1) is 15.6. The fourth-order valence-corrected chi connectivity index (χ4v) is 4.25. The van der Waals surface area contributed by atoms with E-state index in [1.54, 1.807) is 6.08 Å². The van der Waals surface area contributed by atoms with Crippen molar-refractivity contribution in [2.75, 3.05) is 24.5 Å². The number of likely N-dealkylation sites (tertiary alicyclic amines) is 1. The van der Waals surface area contributed by atoms with Crippen LogP contribution in [0.1, 0.15) is 36.8 Å². The van der Waals surface area contributed by atoms with E-state index in [0.717, 1.165) is 29.8 Å². The van der Waals surface area contributed by atoms with Gasteiger partial charge in [0.25, 0.3) is 0 Å². The number of hydrogen-bond donors (Lipinski definition) is 1. The molecule has 3 amide bonds. The third kappa shape index (κ3) is 5.44. The Morgan fingerprint density at radius 2 is 1.69 bits per heavy atom. The first-order valence-electron chi connectivity index (χ1n) is 11.3. The smallest absolute Gasteiger partial charge is 0.246 e. The number of amides is 3. The minimum absolute atomic E-state index is 0.00992. The highest BCUT2D eigenvalue weighted by Crippen LogP contribution is 2.22. The molecule has 0 aromatic heterocycles. The number of rotatable bonds is 6. The normalized spacial score (nSPS) is 17.2. The van der Waals surface area contributed by atoms with Crippen LogP contribution in [0.5, 0.6) is 0 Å². The number of nitrogens with zero attached hydrogens (tertiary/aromatic N) is 2.